The van der Waals surface area contributed by atoms with E-state index in [1.165, 1.54) is 20.1 Å². The first-order valence-electron chi connectivity index (χ1n) is 5.75. The van der Waals surface area contributed by atoms with Crippen LogP contribution in [-0.2, 0) is 17.4 Å². The molecule has 0 saturated heterocycles. The molecule has 0 heterocycles. The van der Waals surface area contributed by atoms with E-state index in [1.54, 1.807) is 0 Å². The van der Waals surface area contributed by atoms with Crippen molar-refractivity contribution < 1.29 is 32.5 Å². The highest BCUT2D eigenvalue weighted by Crippen LogP contribution is 2.41. The van der Waals surface area contributed by atoms with Gasteiger partial charge in [0.25, 0.3) is 0 Å². The summed E-state index contributed by atoms with van der Waals surface area (Å²) in [4.78, 5) is 10.8. The Labute approximate surface area is 114 Å². The van der Waals surface area contributed by atoms with Gasteiger partial charge in [0.2, 0.25) is 0 Å². The number of rotatable bonds is 5. The molecule has 7 heteroatoms. The quantitative estimate of drug-likeness (QED) is 0.906. The summed E-state index contributed by atoms with van der Waals surface area (Å²) in [6, 6.07) is 2.18. The van der Waals surface area contributed by atoms with E-state index in [1.807, 2.05) is 0 Å². The highest BCUT2D eigenvalue weighted by Gasteiger charge is 2.36. The van der Waals surface area contributed by atoms with Gasteiger partial charge in [-0.3, -0.25) is 4.79 Å². The van der Waals surface area contributed by atoms with Crippen molar-refractivity contribution in [3.8, 4) is 11.5 Å². The molecule has 1 atom stereocenters. The number of hydrogen-bond acceptors (Lipinski definition) is 3. The van der Waals surface area contributed by atoms with Gasteiger partial charge in [-0.1, -0.05) is 6.92 Å². The van der Waals surface area contributed by atoms with Crippen LogP contribution in [0.5, 0.6) is 11.5 Å². The van der Waals surface area contributed by atoms with Crippen LogP contribution in [0.3, 0.4) is 0 Å². The van der Waals surface area contributed by atoms with E-state index in [2.05, 4.69) is 0 Å². The van der Waals surface area contributed by atoms with Crippen LogP contribution in [-0.4, -0.2) is 25.3 Å². The molecule has 1 N–H and O–H groups in total. The third kappa shape index (κ3) is 3.55. The Balaban J connectivity index is 3.37. The molecule has 0 bridgehead atoms. The molecular weight excluding hydrogens is 277 g/mol. The third-order valence-corrected chi connectivity index (χ3v) is 2.83. The number of benzene rings is 1. The molecule has 0 aromatic heterocycles. The van der Waals surface area contributed by atoms with Crippen LogP contribution in [0.15, 0.2) is 12.1 Å². The summed E-state index contributed by atoms with van der Waals surface area (Å²) in [5.41, 5.74) is -0.832. The number of aliphatic carboxylic acids is 1. The first-order valence-corrected chi connectivity index (χ1v) is 5.75. The minimum Gasteiger partial charge on any atom is -0.497 e. The molecule has 0 radical (unpaired) electrons. The van der Waals surface area contributed by atoms with E-state index in [-0.39, 0.29) is 23.5 Å². The number of methoxy groups -OCH3 is 2. The maximum Gasteiger partial charge on any atom is 0.420 e. The predicted molar refractivity (Wildman–Crippen MR) is 65.1 cm³/mol. The van der Waals surface area contributed by atoms with Gasteiger partial charge in [-0.05, 0) is 24.1 Å². The lowest BCUT2D eigenvalue weighted by Crippen LogP contribution is -2.15. The first kappa shape index (κ1) is 16.1. The number of alkyl halides is 3. The Morgan fingerprint density at radius 2 is 1.90 bits per heavy atom. The maximum atomic E-state index is 13.0. The molecule has 1 aromatic carbocycles. The minimum atomic E-state index is -4.61. The lowest BCUT2D eigenvalue weighted by molar-refractivity contribution is -0.141. The Morgan fingerprint density at radius 1 is 1.30 bits per heavy atom. The zero-order valence-corrected chi connectivity index (χ0v) is 11.2. The van der Waals surface area contributed by atoms with Crippen LogP contribution in [0.2, 0.25) is 0 Å². The van der Waals surface area contributed by atoms with Crippen LogP contribution in [0.25, 0.3) is 0 Å². The van der Waals surface area contributed by atoms with E-state index in [9.17, 15) is 18.0 Å². The van der Waals surface area contributed by atoms with Gasteiger partial charge in [0.15, 0.2) is 0 Å². The Morgan fingerprint density at radius 3 is 2.30 bits per heavy atom. The summed E-state index contributed by atoms with van der Waals surface area (Å²) >= 11 is 0. The Hall–Kier alpha value is -1.92. The van der Waals surface area contributed by atoms with Crippen LogP contribution in [0.1, 0.15) is 18.1 Å². The predicted octanol–water partition coefficient (Wildman–Crippen LogP) is 2.99. The molecule has 0 saturated carbocycles. The van der Waals surface area contributed by atoms with Crippen molar-refractivity contribution in [3.63, 3.8) is 0 Å². The zero-order chi connectivity index (χ0) is 15.5. The van der Waals surface area contributed by atoms with Gasteiger partial charge in [0.05, 0.1) is 20.1 Å². The van der Waals surface area contributed by atoms with Crippen molar-refractivity contribution >= 4 is 5.97 Å². The van der Waals surface area contributed by atoms with Crippen molar-refractivity contribution in [2.75, 3.05) is 14.2 Å². The lowest BCUT2D eigenvalue weighted by atomic mass is 9.97. The van der Waals surface area contributed by atoms with E-state index in [4.69, 9.17) is 14.6 Å². The summed E-state index contributed by atoms with van der Waals surface area (Å²) in [5, 5.41) is 8.87. The molecule has 1 unspecified atom stereocenters. The molecule has 0 fully saturated rings. The monoisotopic (exact) mass is 292 g/mol. The van der Waals surface area contributed by atoms with Crippen molar-refractivity contribution in [1.29, 1.82) is 0 Å². The molecule has 20 heavy (non-hydrogen) atoms. The largest absolute Gasteiger partial charge is 0.497 e. The summed E-state index contributed by atoms with van der Waals surface area (Å²) < 4.78 is 48.6. The average Bonchev–Trinajstić information content (AvgIpc) is 2.36. The molecule has 0 amide bonds. The zero-order valence-electron chi connectivity index (χ0n) is 11.2. The number of hydrogen-bond donors (Lipinski definition) is 1. The molecular formula is C13H15F3O4. The molecule has 4 nitrogen and oxygen atoms in total. The molecule has 1 rings (SSSR count). The van der Waals surface area contributed by atoms with Gasteiger partial charge in [-0.25, -0.2) is 0 Å². The van der Waals surface area contributed by atoms with Crippen LogP contribution in [0, 0.1) is 5.92 Å². The number of ether oxygens (including phenoxy) is 2. The number of carboxylic acids is 1. The molecule has 1 aromatic rings. The van der Waals surface area contributed by atoms with Gasteiger partial charge in [-0.2, -0.15) is 13.2 Å². The normalized spacial score (nSPS) is 12.9. The topological polar surface area (TPSA) is 55.8 Å². The second-order valence-corrected chi connectivity index (χ2v) is 4.31. The number of halogens is 3. The standard InChI is InChI=1S/C13H15F3O4/c1-7(12(17)18)4-8-5-9(19-2)6-10(11(8)20-3)13(14,15)16/h5-7H,4H2,1-3H3,(H,17,18). The second-order valence-electron chi connectivity index (χ2n) is 4.31. The van der Waals surface area contributed by atoms with Gasteiger partial charge in [0, 0.05) is 0 Å². The fraction of sp³-hybridized carbons (Fsp3) is 0.462. The van der Waals surface area contributed by atoms with E-state index >= 15 is 0 Å². The van der Waals surface area contributed by atoms with Crippen molar-refractivity contribution in [2.24, 2.45) is 5.92 Å². The fourth-order valence-corrected chi connectivity index (χ4v) is 1.80. The minimum absolute atomic E-state index is 0.00529. The fourth-order valence-electron chi connectivity index (χ4n) is 1.80. The molecule has 0 aliphatic heterocycles. The molecule has 112 valence electrons. The Kier molecular flexibility index (Phi) is 4.86. The third-order valence-electron chi connectivity index (χ3n) is 2.83. The Bertz CT molecular complexity index is 497. The molecule has 0 spiro atoms. The summed E-state index contributed by atoms with van der Waals surface area (Å²) in [5.74, 6) is -2.29. The van der Waals surface area contributed by atoms with Gasteiger partial charge >= 0.3 is 12.1 Å². The maximum absolute atomic E-state index is 13.0. The number of carboxylic acid groups (broad SMARTS) is 1. The van der Waals surface area contributed by atoms with Gasteiger partial charge in [0.1, 0.15) is 17.1 Å². The highest BCUT2D eigenvalue weighted by atomic mass is 19.4. The van der Waals surface area contributed by atoms with Gasteiger partial charge < -0.3 is 14.6 Å². The average molecular weight is 292 g/mol. The molecule has 0 aliphatic rings. The van der Waals surface area contributed by atoms with E-state index in [0.29, 0.717) is 0 Å². The second kappa shape index (κ2) is 6.02. The number of carbonyl (C=O) groups is 1. The van der Waals surface area contributed by atoms with Gasteiger partial charge in [-0.15, -0.1) is 0 Å². The van der Waals surface area contributed by atoms with Crippen LogP contribution in [0.4, 0.5) is 13.2 Å². The van der Waals surface area contributed by atoms with Crippen molar-refractivity contribution in [1.82, 2.24) is 0 Å². The summed E-state index contributed by atoms with van der Waals surface area (Å²) in [7, 11) is 2.36. The smallest absolute Gasteiger partial charge is 0.420 e. The summed E-state index contributed by atoms with van der Waals surface area (Å²) in [6.07, 6.45) is -4.69. The molecule has 0 aliphatic carbocycles. The van der Waals surface area contributed by atoms with Crippen LogP contribution < -0.4 is 9.47 Å². The van der Waals surface area contributed by atoms with E-state index < -0.39 is 23.6 Å². The van der Waals surface area contributed by atoms with E-state index in [0.717, 1.165) is 13.2 Å². The summed E-state index contributed by atoms with van der Waals surface area (Å²) in [6.45, 7) is 1.41. The lowest BCUT2D eigenvalue weighted by Gasteiger charge is -2.18. The highest BCUT2D eigenvalue weighted by molar-refractivity contribution is 5.70. The van der Waals surface area contributed by atoms with Crippen LogP contribution >= 0.6 is 0 Å². The van der Waals surface area contributed by atoms with Crippen molar-refractivity contribution in [2.45, 2.75) is 19.5 Å². The van der Waals surface area contributed by atoms with Crippen molar-refractivity contribution in [3.05, 3.63) is 23.3 Å². The first-order chi connectivity index (χ1) is 9.20. The SMILES string of the molecule is COc1cc(CC(C)C(=O)O)c(OC)c(C(F)(F)F)c1.